The molecule has 0 radical (unpaired) electrons. The van der Waals surface area contributed by atoms with E-state index in [2.05, 4.69) is 21.4 Å². The van der Waals surface area contributed by atoms with E-state index in [1.807, 2.05) is 5.38 Å². The van der Waals surface area contributed by atoms with Gasteiger partial charge in [0.2, 0.25) is 5.95 Å². The molecule has 2 aliphatic rings. The van der Waals surface area contributed by atoms with Crippen LogP contribution < -0.4 is 11.1 Å². The largest absolute Gasteiger partial charge is 0.369 e. The Hall–Kier alpha value is -1.36. The molecule has 94 valence electrons. The lowest BCUT2D eigenvalue weighted by Gasteiger charge is -2.15. The molecule has 0 unspecified atom stereocenters. The summed E-state index contributed by atoms with van der Waals surface area (Å²) >= 11 is 1.61. The van der Waals surface area contributed by atoms with E-state index in [0.29, 0.717) is 11.4 Å². The predicted octanol–water partition coefficient (Wildman–Crippen LogP) is 2.88. The van der Waals surface area contributed by atoms with Crippen molar-refractivity contribution in [3.05, 3.63) is 11.4 Å². The highest BCUT2D eigenvalue weighted by Gasteiger charge is 2.53. The molecule has 4 rings (SSSR count). The summed E-state index contributed by atoms with van der Waals surface area (Å²) in [6.45, 7) is 1.04. The number of hydrogen-bond acceptors (Lipinski definition) is 5. The number of nitrogens with two attached hydrogens (primary N) is 1. The summed E-state index contributed by atoms with van der Waals surface area (Å²) < 4.78 is 0. The SMILES string of the molecule is Nc1nc(NCC2(C3CC3)CC2)c2ccsc2n1. The van der Waals surface area contributed by atoms with Crippen molar-refractivity contribution in [3.8, 4) is 0 Å². The molecule has 0 spiro atoms. The van der Waals surface area contributed by atoms with Crippen LogP contribution in [-0.2, 0) is 0 Å². The van der Waals surface area contributed by atoms with Gasteiger partial charge < -0.3 is 11.1 Å². The number of nitrogens with zero attached hydrogens (tertiary/aromatic N) is 2. The van der Waals surface area contributed by atoms with Gasteiger partial charge in [-0.15, -0.1) is 11.3 Å². The Labute approximate surface area is 110 Å². The summed E-state index contributed by atoms with van der Waals surface area (Å²) in [4.78, 5) is 9.57. The summed E-state index contributed by atoms with van der Waals surface area (Å²) in [5.74, 6) is 2.23. The fraction of sp³-hybridized carbons (Fsp3) is 0.538. The van der Waals surface area contributed by atoms with Crippen LogP contribution in [0.3, 0.4) is 0 Å². The molecule has 0 saturated heterocycles. The molecule has 2 aliphatic carbocycles. The zero-order valence-corrected chi connectivity index (χ0v) is 11.0. The van der Waals surface area contributed by atoms with Crippen molar-refractivity contribution < 1.29 is 0 Å². The minimum Gasteiger partial charge on any atom is -0.369 e. The Kier molecular flexibility index (Phi) is 2.09. The zero-order chi connectivity index (χ0) is 12.2. The van der Waals surface area contributed by atoms with Gasteiger partial charge in [-0.25, -0.2) is 4.98 Å². The molecule has 4 nitrogen and oxygen atoms in total. The van der Waals surface area contributed by atoms with Crippen LogP contribution in [0.2, 0.25) is 0 Å². The average molecular weight is 260 g/mol. The van der Waals surface area contributed by atoms with Gasteiger partial charge >= 0.3 is 0 Å². The third-order valence-electron chi connectivity index (χ3n) is 4.29. The molecule has 2 heterocycles. The summed E-state index contributed by atoms with van der Waals surface area (Å²) in [5, 5.41) is 6.65. The van der Waals surface area contributed by atoms with Crippen molar-refractivity contribution in [2.75, 3.05) is 17.6 Å². The Balaban J connectivity index is 1.60. The lowest BCUT2D eigenvalue weighted by atomic mass is 10.0. The number of anilines is 2. The van der Waals surface area contributed by atoms with E-state index >= 15 is 0 Å². The van der Waals surface area contributed by atoms with E-state index in [1.54, 1.807) is 11.3 Å². The summed E-state index contributed by atoms with van der Waals surface area (Å²) in [6.07, 6.45) is 5.58. The predicted molar refractivity (Wildman–Crippen MR) is 74.7 cm³/mol. The van der Waals surface area contributed by atoms with Gasteiger partial charge in [0.1, 0.15) is 10.6 Å². The van der Waals surface area contributed by atoms with Gasteiger partial charge in [0, 0.05) is 6.54 Å². The Morgan fingerprint density at radius 3 is 2.94 bits per heavy atom. The van der Waals surface area contributed by atoms with Crippen molar-refractivity contribution in [1.82, 2.24) is 9.97 Å². The van der Waals surface area contributed by atoms with Gasteiger partial charge in [0.15, 0.2) is 0 Å². The van der Waals surface area contributed by atoms with Crippen LogP contribution in [0, 0.1) is 11.3 Å². The minimum atomic E-state index is 0.365. The summed E-state index contributed by atoms with van der Waals surface area (Å²) in [5.41, 5.74) is 6.33. The molecule has 18 heavy (non-hydrogen) atoms. The van der Waals surface area contributed by atoms with Crippen LogP contribution in [0.15, 0.2) is 11.4 Å². The average Bonchev–Trinajstić information content (AvgIpc) is 3.23. The van der Waals surface area contributed by atoms with E-state index in [-0.39, 0.29) is 0 Å². The second-order valence-corrected chi connectivity index (χ2v) is 6.45. The third kappa shape index (κ3) is 1.65. The third-order valence-corrected chi connectivity index (χ3v) is 5.09. The van der Waals surface area contributed by atoms with E-state index in [0.717, 1.165) is 28.5 Å². The normalized spacial score (nSPS) is 21.1. The van der Waals surface area contributed by atoms with E-state index < -0.39 is 0 Å². The first kappa shape index (κ1) is 10.6. The fourth-order valence-corrected chi connectivity index (χ4v) is 3.62. The second-order valence-electron chi connectivity index (χ2n) is 5.56. The van der Waals surface area contributed by atoms with Crippen LogP contribution >= 0.6 is 11.3 Å². The fourth-order valence-electron chi connectivity index (χ4n) is 2.85. The monoisotopic (exact) mass is 260 g/mol. The first-order valence-corrected chi connectivity index (χ1v) is 7.39. The number of nitrogens with one attached hydrogen (secondary N) is 1. The standard InChI is InChI=1S/C13H16N4S/c14-12-16-10(9-3-6-18-11(9)17-12)15-7-13(4-5-13)8-1-2-8/h3,6,8H,1-2,4-5,7H2,(H3,14,15,16,17). The van der Waals surface area contributed by atoms with Crippen molar-refractivity contribution >= 4 is 33.3 Å². The number of aromatic nitrogens is 2. The van der Waals surface area contributed by atoms with Crippen LogP contribution in [-0.4, -0.2) is 16.5 Å². The summed E-state index contributed by atoms with van der Waals surface area (Å²) in [6, 6.07) is 2.07. The molecule has 0 bridgehead atoms. The number of fused-ring (bicyclic) bond motifs is 1. The van der Waals surface area contributed by atoms with Crippen LogP contribution in [0.25, 0.3) is 10.2 Å². The summed E-state index contributed by atoms with van der Waals surface area (Å²) in [7, 11) is 0. The van der Waals surface area contributed by atoms with Crippen LogP contribution in [0.1, 0.15) is 25.7 Å². The van der Waals surface area contributed by atoms with Crippen molar-refractivity contribution in [1.29, 1.82) is 0 Å². The molecule has 0 amide bonds. The Morgan fingerprint density at radius 1 is 1.39 bits per heavy atom. The first-order chi connectivity index (χ1) is 8.77. The number of hydrogen-bond donors (Lipinski definition) is 2. The molecule has 3 N–H and O–H groups in total. The molecule has 2 saturated carbocycles. The lowest BCUT2D eigenvalue weighted by molar-refractivity contribution is 0.466. The highest BCUT2D eigenvalue weighted by Crippen LogP contribution is 2.61. The Morgan fingerprint density at radius 2 is 2.22 bits per heavy atom. The first-order valence-electron chi connectivity index (χ1n) is 6.51. The van der Waals surface area contributed by atoms with Gasteiger partial charge in [-0.3, -0.25) is 0 Å². The Bertz CT molecular complexity index is 598. The highest BCUT2D eigenvalue weighted by molar-refractivity contribution is 7.16. The molecular formula is C13H16N4S. The van der Waals surface area contributed by atoms with Crippen molar-refractivity contribution in [3.63, 3.8) is 0 Å². The van der Waals surface area contributed by atoms with Gasteiger partial charge in [-0.1, -0.05) is 0 Å². The minimum absolute atomic E-state index is 0.365. The molecule has 0 atom stereocenters. The lowest BCUT2D eigenvalue weighted by Crippen LogP contribution is -2.18. The van der Waals surface area contributed by atoms with Gasteiger partial charge in [-0.2, -0.15) is 4.98 Å². The maximum Gasteiger partial charge on any atom is 0.223 e. The molecular weight excluding hydrogens is 244 g/mol. The number of thiophene rings is 1. The van der Waals surface area contributed by atoms with Crippen molar-refractivity contribution in [2.45, 2.75) is 25.7 Å². The van der Waals surface area contributed by atoms with Crippen molar-refractivity contribution in [2.24, 2.45) is 11.3 Å². The number of rotatable bonds is 4. The molecule has 2 aromatic rings. The molecule has 2 fully saturated rings. The quantitative estimate of drug-likeness (QED) is 0.887. The second kappa shape index (κ2) is 3.57. The van der Waals surface area contributed by atoms with Gasteiger partial charge in [0.25, 0.3) is 0 Å². The van der Waals surface area contributed by atoms with Gasteiger partial charge in [-0.05, 0) is 48.5 Å². The highest BCUT2D eigenvalue weighted by atomic mass is 32.1. The molecule has 2 aromatic heterocycles. The maximum absolute atomic E-state index is 5.76. The molecule has 0 aliphatic heterocycles. The smallest absolute Gasteiger partial charge is 0.223 e. The topological polar surface area (TPSA) is 63.8 Å². The number of nitrogen functional groups attached to an aromatic ring is 1. The maximum atomic E-state index is 5.76. The van der Waals surface area contributed by atoms with E-state index in [1.165, 1.54) is 25.7 Å². The van der Waals surface area contributed by atoms with Crippen LogP contribution in [0.4, 0.5) is 11.8 Å². The zero-order valence-electron chi connectivity index (χ0n) is 10.1. The van der Waals surface area contributed by atoms with Gasteiger partial charge in [0.05, 0.1) is 5.39 Å². The van der Waals surface area contributed by atoms with Crippen LogP contribution in [0.5, 0.6) is 0 Å². The van der Waals surface area contributed by atoms with E-state index in [9.17, 15) is 0 Å². The van der Waals surface area contributed by atoms with E-state index in [4.69, 9.17) is 5.73 Å². The molecule has 0 aromatic carbocycles. The molecule has 5 heteroatoms.